The molecule has 0 heterocycles. The molecule has 9 heteroatoms. The molecule has 23 heavy (non-hydrogen) atoms. The van der Waals surface area contributed by atoms with Gasteiger partial charge in [-0.25, -0.2) is 0 Å². The Morgan fingerprint density at radius 3 is 1.22 bits per heavy atom. The first-order valence-electron chi connectivity index (χ1n) is 5.77. The Hall–Kier alpha value is -2.65. The topological polar surface area (TPSA) is 139 Å². The largest absolute Gasteiger partial charge is 2.00 e. The maximum Gasteiger partial charge on any atom is 2.00 e. The fourth-order valence-electron chi connectivity index (χ4n) is 1.21. The molecule has 112 valence electrons. The van der Waals surface area contributed by atoms with Crippen LogP contribution in [-0.2, 0) is 0 Å². The first kappa shape index (κ1) is 20.3. The van der Waals surface area contributed by atoms with Crippen LogP contribution in [0.25, 0.3) is 0 Å². The van der Waals surface area contributed by atoms with Gasteiger partial charge in [0.15, 0.2) is 10.9 Å². The van der Waals surface area contributed by atoms with Crippen LogP contribution in [0.3, 0.4) is 0 Å². The Balaban J connectivity index is 0.000000403. The minimum atomic E-state index is -0.639. The van der Waals surface area contributed by atoms with Crippen molar-refractivity contribution >= 4 is 34.4 Å². The summed E-state index contributed by atoms with van der Waals surface area (Å²) in [5.41, 5.74) is -1.13. The second kappa shape index (κ2) is 10.1. The molecule has 0 saturated heterocycles. The Morgan fingerprint density at radius 2 is 0.913 bits per heavy atom. The standard InChI is InChI=1S/2C7H5NO3.Mg/c2*9-6-3-1-5(8-11)2-4-7(6)10;/h2*1-4H,(H,9,10);/q;;+2/p-2. The van der Waals surface area contributed by atoms with E-state index in [1.807, 2.05) is 0 Å². The van der Waals surface area contributed by atoms with E-state index in [0.29, 0.717) is 0 Å². The van der Waals surface area contributed by atoms with E-state index in [0.717, 1.165) is 24.3 Å². The summed E-state index contributed by atoms with van der Waals surface area (Å²) in [7, 11) is 0. The molecule has 0 aliphatic heterocycles. The zero-order valence-corrected chi connectivity index (χ0v) is 13.1. The van der Waals surface area contributed by atoms with Crippen molar-refractivity contribution in [2.24, 2.45) is 10.4 Å². The van der Waals surface area contributed by atoms with E-state index >= 15 is 0 Å². The minimum absolute atomic E-state index is 0. The molecule has 8 nitrogen and oxygen atoms in total. The number of nitrogens with zero attached hydrogens (tertiary/aromatic N) is 2. The van der Waals surface area contributed by atoms with Crippen LogP contribution in [0, 0.1) is 9.81 Å². The quantitative estimate of drug-likeness (QED) is 0.587. The Bertz CT molecular complexity index is 744. The van der Waals surface area contributed by atoms with Crippen molar-refractivity contribution in [1.82, 2.24) is 0 Å². The Morgan fingerprint density at radius 1 is 0.609 bits per heavy atom. The second-order valence-electron chi connectivity index (χ2n) is 3.82. The molecular formula is C14H8MgN2O6. The molecule has 0 fully saturated rings. The molecule has 0 spiro atoms. The average molecular weight is 325 g/mol. The van der Waals surface area contributed by atoms with Gasteiger partial charge >= 0.3 is 23.1 Å². The molecule has 2 rings (SSSR count). The van der Waals surface area contributed by atoms with Crippen LogP contribution < -0.4 is 21.1 Å². The molecule has 0 N–H and O–H groups in total. The van der Waals surface area contributed by atoms with Gasteiger partial charge in [0.1, 0.15) is 11.4 Å². The SMILES string of the molecule is O=Nc1ccc([O-])c(=O)cc1.O=Nc1ccc([O-])c(=O)cc1.[Mg+2]. The molecular weight excluding hydrogens is 316 g/mol. The summed E-state index contributed by atoms with van der Waals surface area (Å²) < 4.78 is 0. The third-order valence-electron chi connectivity index (χ3n) is 2.32. The van der Waals surface area contributed by atoms with Gasteiger partial charge in [0, 0.05) is 0 Å². The van der Waals surface area contributed by atoms with Crippen molar-refractivity contribution in [1.29, 1.82) is 0 Å². The van der Waals surface area contributed by atoms with Crippen molar-refractivity contribution in [2.75, 3.05) is 0 Å². The molecule has 0 amide bonds. The summed E-state index contributed by atoms with van der Waals surface area (Å²) in [6.45, 7) is 0. The zero-order chi connectivity index (χ0) is 16.5. The van der Waals surface area contributed by atoms with Crippen molar-refractivity contribution in [3.8, 4) is 11.5 Å². The van der Waals surface area contributed by atoms with Gasteiger partial charge in [-0.3, -0.25) is 9.59 Å². The van der Waals surface area contributed by atoms with Gasteiger partial charge in [0.2, 0.25) is 0 Å². The second-order valence-corrected chi connectivity index (χ2v) is 3.82. The van der Waals surface area contributed by atoms with Crippen LogP contribution >= 0.6 is 0 Å². The smallest absolute Gasteiger partial charge is 0.870 e. The van der Waals surface area contributed by atoms with Gasteiger partial charge in [0.05, 0.1) is 0 Å². The minimum Gasteiger partial charge on any atom is -0.870 e. The molecule has 2 aromatic carbocycles. The molecule has 0 atom stereocenters. The fraction of sp³-hybridized carbons (Fsp3) is 0. The van der Waals surface area contributed by atoms with Crippen LogP contribution in [0.2, 0.25) is 0 Å². The summed E-state index contributed by atoms with van der Waals surface area (Å²) in [6.07, 6.45) is 0. The van der Waals surface area contributed by atoms with Crippen molar-refractivity contribution in [2.45, 2.75) is 0 Å². The Labute approximate surface area is 145 Å². The van der Waals surface area contributed by atoms with Gasteiger partial charge in [-0.1, -0.05) is 23.6 Å². The maximum atomic E-state index is 10.6. The summed E-state index contributed by atoms with van der Waals surface area (Å²) in [5.74, 6) is -1.28. The van der Waals surface area contributed by atoms with Crippen molar-refractivity contribution in [3.63, 3.8) is 0 Å². The molecule has 0 aliphatic rings. The number of hydrogen-bond acceptors (Lipinski definition) is 8. The van der Waals surface area contributed by atoms with E-state index in [2.05, 4.69) is 10.4 Å². The molecule has 0 radical (unpaired) electrons. The molecule has 0 unspecified atom stereocenters. The van der Waals surface area contributed by atoms with E-state index in [4.69, 9.17) is 0 Å². The molecule has 0 aromatic heterocycles. The van der Waals surface area contributed by atoms with E-state index in [1.54, 1.807) is 0 Å². The molecule has 0 aliphatic carbocycles. The summed E-state index contributed by atoms with van der Waals surface area (Å²) in [5, 5.41) is 26.4. The van der Waals surface area contributed by atoms with E-state index in [-0.39, 0.29) is 34.4 Å². The van der Waals surface area contributed by atoms with E-state index < -0.39 is 22.4 Å². The van der Waals surface area contributed by atoms with Gasteiger partial charge in [-0.15, -0.1) is 9.81 Å². The van der Waals surface area contributed by atoms with Crippen molar-refractivity contribution < 1.29 is 10.2 Å². The molecule has 0 bridgehead atoms. The third-order valence-corrected chi connectivity index (χ3v) is 2.32. The van der Waals surface area contributed by atoms with Crippen LogP contribution in [-0.4, -0.2) is 23.1 Å². The summed E-state index contributed by atoms with van der Waals surface area (Å²) in [4.78, 5) is 41.1. The van der Waals surface area contributed by atoms with Crippen LogP contribution in [0.4, 0.5) is 11.4 Å². The fourth-order valence-corrected chi connectivity index (χ4v) is 1.21. The van der Waals surface area contributed by atoms with Gasteiger partial charge in [-0.2, -0.15) is 0 Å². The van der Waals surface area contributed by atoms with Gasteiger partial charge < -0.3 is 10.2 Å². The van der Waals surface area contributed by atoms with Gasteiger partial charge in [-0.05, 0) is 46.8 Å². The predicted octanol–water partition coefficient (Wildman–Crippen LogP) is 0.656. The van der Waals surface area contributed by atoms with Crippen molar-refractivity contribution in [3.05, 3.63) is 78.8 Å². The van der Waals surface area contributed by atoms with Crippen LogP contribution in [0.15, 0.2) is 68.5 Å². The summed E-state index contributed by atoms with van der Waals surface area (Å²) in [6, 6.07) is 8.93. The molecule has 2 aromatic rings. The Kier molecular flexibility index (Phi) is 8.97. The molecule has 0 saturated carbocycles. The van der Waals surface area contributed by atoms with Crippen LogP contribution in [0.1, 0.15) is 0 Å². The summed E-state index contributed by atoms with van der Waals surface area (Å²) >= 11 is 0. The first-order valence-corrected chi connectivity index (χ1v) is 5.77. The third kappa shape index (κ3) is 6.76. The predicted molar refractivity (Wildman–Crippen MR) is 81.0 cm³/mol. The maximum absolute atomic E-state index is 10.6. The zero-order valence-electron chi connectivity index (χ0n) is 11.7. The van der Waals surface area contributed by atoms with Gasteiger partial charge in [0.25, 0.3) is 0 Å². The van der Waals surface area contributed by atoms with E-state index in [9.17, 15) is 29.6 Å². The normalized spacial score (nSPS) is 8.70. The van der Waals surface area contributed by atoms with Crippen LogP contribution in [0.5, 0.6) is 11.5 Å². The number of rotatable bonds is 2. The number of hydrogen-bond donors (Lipinski definition) is 0. The van der Waals surface area contributed by atoms with E-state index in [1.165, 1.54) is 24.3 Å². The number of nitroso groups, excluding NO2 is 2. The average Bonchev–Trinajstić information content (AvgIpc) is 2.79. The monoisotopic (exact) mass is 324 g/mol. The first-order chi connectivity index (χ1) is 10.5.